The zero-order valence-corrected chi connectivity index (χ0v) is 13.9. The molecule has 0 aliphatic carbocycles. The molecule has 0 fully saturated rings. The molecule has 7 nitrogen and oxygen atoms in total. The second-order valence-corrected chi connectivity index (χ2v) is 5.86. The van der Waals surface area contributed by atoms with Gasteiger partial charge in [-0.05, 0) is 23.8 Å². The molecule has 0 aliphatic heterocycles. The predicted molar refractivity (Wildman–Crippen MR) is 101 cm³/mol. The van der Waals surface area contributed by atoms with Gasteiger partial charge in [0.05, 0.1) is 6.21 Å². The topological polar surface area (TPSA) is 82.1 Å². The van der Waals surface area contributed by atoms with Crippen LogP contribution in [0.4, 0.5) is 11.6 Å². The fourth-order valence-corrected chi connectivity index (χ4v) is 2.59. The molecule has 7 heteroatoms. The fourth-order valence-electron chi connectivity index (χ4n) is 2.59. The number of rotatable bonds is 4. The van der Waals surface area contributed by atoms with Crippen molar-refractivity contribution in [2.45, 2.75) is 0 Å². The third-order valence-corrected chi connectivity index (χ3v) is 3.91. The summed E-state index contributed by atoms with van der Waals surface area (Å²) in [5.74, 6) is 0.347. The van der Waals surface area contributed by atoms with Crippen molar-refractivity contribution >= 4 is 39.9 Å². The molecule has 2 heterocycles. The standard InChI is InChI=1S/C18H17N7/c1-25(2)13-9-7-12(8-10-13)11-19-23-18-21-17-16(22-24-18)14-5-3-4-6-15(14)20-17/h3-11H,1-2H3,(H2,20,21,23,24)/b19-11+. The summed E-state index contributed by atoms with van der Waals surface area (Å²) >= 11 is 0. The Kier molecular flexibility index (Phi) is 3.74. The van der Waals surface area contributed by atoms with E-state index in [1.807, 2.05) is 67.5 Å². The Morgan fingerprint density at radius 1 is 1.04 bits per heavy atom. The smallest absolute Gasteiger partial charge is 0.265 e. The summed E-state index contributed by atoms with van der Waals surface area (Å²) in [5.41, 5.74) is 7.37. The molecule has 0 spiro atoms. The van der Waals surface area contributed by atoms with Crippen LogP contribution in [-0.4, -0.2) is 40.5 Å². The number of aromatic amines is 1. The van der Waals surface area contributed by atoms with Gasteiger partial charge in [0.15, 0.2) is 5.65 Å². The van der Waals surface area contributed by atoms with Crippen molar-refractivity contribution in [2.75, 3.05) is 24.4 Å². The molecule has 25 heavy (non-hydrogen) atoms. The monoisotopic (exact) mass is 331 g/mol. The maximum Gasteiger partial charge on any atom is 0.265 e. The van der Waals surface area contributed by atoms with E-state index in [0.29, 0.717) is 11.6 Å². The van der Waals surface area contributed by atoms with E-state index in [2.05, 4.69) is 30.7 Å². The Bertz CT molecular complexity index is 1050. The highest BCUT2D eigenvalue weighted by Gasteiger charge is 2.07. The van der Waals surface area contributed by atoms with Gasteiger partial charge in [0.1, 0.15) is 5.52 Å². The summed E-state index contributed by atoms with van der Waals surface area (Å²) in [6.07, 6.45) is 1.72. The Morgan fingerprint density at radius 3 is 2.64 bits per heavy atom. The molecule has 4 rings (SSSR count). The van der Waals surface area contributed by atoms with Crippen LogP contribution < -0.4 is 10.3 Å². The Hall–Kier alpha value is -3.48. The lowest BCUT2D eigenvalue weighted by atomic mass is 10.2. The fraction of sp³-hybridized carbons (Fsp3) is 0.111. The minimum Gasteiger partial charge on any atom is -0.378 e. The maximum absolute atomic E-state index is 4.42. The number of nitrogens with zero attached hydrogens (tertiary/aromatic N) is 5. The lowest BCUT2D eigenvalue weighted by molar-refractivity contribution is 1.01. The van der Waals surface area contributed by atoms with Crippen LogP contribution in [0.5, 0.6) is 0 Å². The van der Waals surface area contributed by atoms with Gasteiger partial charge >= 0.3 is 0 Å². The number of fused-ring (bicyclic) bond motifs is 3. The molecule has 0 saturated carbocycles. The Labute approximate surface area is 144 Å². The Morgan fingerprint density at radius 2 is 1.84 bits per heavy atom. The van der Waals surface area contributed by atoms with E-state index in [9.17, 15) is 0 Å². The van der Waals surface area contributed by atoms with Crippen molar-refractivity contribution in [3.8, 4) is 0 Å². The molecule has 0 atom stereocenters. The van der Waals surface area contributed by atoms with Crippen molar-refractivity contribution < 1.29 is 0 Å². The molecule has 2 N–H and O–H groups in total. The second-order valence-electron chi connectivity index (χ2n) is 5.86. The number of aromatic nitrogens is 4. The van der Waals surface area contributed by atoms with Crippen LogP contribution >= 0.6 is 0 Å². The van der Waals surface area contributed by atoms with E-state index in [0.717, 1.165) is 27.7 Å². The van der Waals surface area contributed by atoms with Crippen LogP contribution in [0.2, 0.25) is 0 Å². The van der Waals surface area contributed by atoms with Crippen molar-refractivity contribution in [3.63, 3.8) is 0 Å². The number of hydrogen-bond donors (Lipinski definition) is 2. The zero-order valence-electron chi connectivity index (χ0n) is 13.9. The van der Waals surface area contributed by atoms with Crippen LogP contribution in [0.3, 0.4) is 0 Å². The molecular formula is C18H17N7. The average molecular weight is 331 g/mol. The molecule has 124 valence electrons. The third kappa shape index (κ3) is 2.99. The number of nitrogens with one attached hydrogen (secondary N) is 2. The van der Waals surface area contributed by atoms with Crippen molar-refractivity contribution in [1.29, 1.82) is 0 Å². The largest absolute Gasteiger partial charge is 0.378 e. The van der Waals surface area contributed by atoms with Crippen LogP contribution in [0.25, 0.3) is 22.1 Å². The van der Waals surface area contributed by atoms with Crippen LogP contribution in [0.15, 0.2) is 53.6 Å². The molecule has 2 aromatic carbocycles. The van der Waals surface area contributed by atoms with Gasteiger partial charge in [-0.15, -0.1) is 10.2 Å². The molecular weight excluding hydrogens is 314 g/mol. The quantitative estimate of drug-likeness (QED) is 0.444. The van der Waals surface area contributed by atoms with E-state index in [4.69, 9.17) is 0 Å². The summed E-state index contributed by atoms with van der Waals surface area (Å²) in [5, 5.41) is 13.5. The van der Waals surface area contributed by atoms with Gasteiger partial charge in [-0.3, -0.25) is 0 Å². The highest BCUT2D eigenvalue weighted by atomic mass is 15.4. The second kappa shape index (κ2) is 6.20. The first-order chi connectivity index (χ1) is 12.2. The number of anilines is 2. The molecule has 0 radical (unpaired) electrons. The highest BCUT2D eigenvalue weighted by molar-refractivity contribution is 6.03. The number of H-pyrrole nitrogens is 1. The van der Waals surface area contributed by atoms with E-state index in [-0.39, 0.29) is 0 Å². The van der Waals surface area contributed by atoms with E-state index in [1.54, 1.807) is 6.21 Å². The number of para-hydroxylation sites is 1. The zero-order chi connectivity index (χ0) is 17.2. The van der Waals surface area contributed by atoms with Crippen molar-refractivity contribution in [2.24, 2.45) is 5.10 Å². The van der Waals surface area contributed by atoms with Gasteiger partial charge in [-0.2, -0.15) is 10.1 Å². The Balaban J connectivity index is 1.53. The van der Waals surface area contributed by atoms with E-state index >= 15 is 0 Å². The molecule has 0 saturated heterocycles. The summed E-state index contributed by atoms with van der Waals surface area (Å²) in [6.45, 7) is 0. The van der Waals surface area contributed by atoms with Crippen molar-refractivity contribution in [3.05, 3.63) is 54.1 Å². The normalized spacial score (nSPS) is 11.4. The number of benzene rings is 2. The molecule has 0 bridgehead atoms. The number of hydrazone groups is 1. The SMILES string of the molecule is CN(C)c1ccc(/C=N/Nc2nnc3c(n2)[nH]c2ccccc23)cc1. The number of hydrogen-bond acceptors (Lipinski definition) is 6. The van der Waals surface area contributed by atoms with Gasteiger partial charge in [-0.1, -0.05) is 30.3 Å². The summed E-state index contributed by atoms with van der Waals surface area (Å²) in [7, 11) is 4.02. The van der Waals surface area contributed by atoms with Crippen LogP contribution in [0.1, 0.15) is 5.56 Å². The van der Waals surface area contributed by atoms with Gasteiger partial charge in [0.2, 0.25) is 0 Å². The van der Waals surface area contributed by atoms with Crippen molar-refractivity contribution in [1.82, 2.24) is 20.2 Å². The minimum absolute atomic E-state index is 0.347. The lowest BCUT2D eigenvalue weighted by Crippen LogP contribution is -2.08. The molecule has 4 aromatic rings. The van der Waals surface area contributed by atoms with Gasteiger partial charge in [0, 0.05) is 30.7 Å². The predicted octanol–water partition coefficient (Wildman–Crippen LogP) is 3.02. The van der Waals surface area contributed by atoms with Crippen LogP contribution in [-0.2, 0) is 0 Å². The highest BCUT2D eigenvalue weighted by Crippen LogP contribution is 2.21. The summed E-state index contributed by atoms with van der Waals surface area (Å²) in [4.78, 5) is 9.70. The first-order valence-electron chi connectivity index (χ1n) is 7.88. The van der Waals surface area contributed by atoms with Gasteiger partial charge in [-0.25, -0.2) is 5.43 Å². The molecule has 0 amide bonds. The molecule has 2 aromatic heterocycles. The van der Waals surface area contributed by atoms with Gasteiger partial charge in [0.25, 0.3) is 5.95 Å². The third-order valence-electron chi connectivity index (χ3n) is 3.91. The maximum atomic E-state index is 4.42. The van der Waals surface area contributed by atoms with Gasteiger partial charge < -0.3 is 9.88 Å². The summed E-state index contributed by atoms with van der Waals surface area (Å²) < 4.78 is 0. The lowest BCUT2D eigenvalue weighted by Gasteiger charge is -2.11. The van der Waals surface area contributed by atoms with E-state index < -0.39 is 0 Å². The summed E-state index contributed by atoms with van der Waals surface area (Å²) in [6, 6.07) is 16.0. The molecule has 0 aliphatic rings. The minimum atomic E-state index is 0.347. The first kappa shape index (κ1) is 15.1. The van der Waals surface area contributed by atoms with E-state index in [1.165, 1.54) is 0 Å². The van der Waals surface area contributed by atoms with Crippen LogP contribution in [0, 0.1) is 0 Å². The molecule has 0 unspecified atom stereocenters. The average Bonchev–Trinajstić information content (AvgIpc) is 3.00. The first-order valence-corrected chi connectivity index (χ1v) is 7.88.